The summed E-state index contributed by atoms with van der Waals surface area (Å²) in [6.07, 6.45) is 1.44. The number of imidazole rings is 1. The monoisotopic (exact) mass is 382 g/mol. The summed E-state index contributed by atoms with van der Waals surface area (Å²) in [5.41, 5.74) is 5.31. The number of aromatic nitrogens is 2. The Bertz CT molecular complexity index is 1030. The minimum absolute atomic E-state index is 0.0960. The zero-order valence-corrected chi connectivity index (χ0v) is 16.2. The number of fused-ring (bicyclic) bond motifs is 1. The van der Waals surface area contributed by atoms with Crippen LogP contribution in [0.15, 0.2) is 35.4 Å². The second-order valence-electron chi connectivity index (χ2n) is 6.08. The van der Waals surface area contributed by atoms with E-state index in [2.05, 4.69) is 27.0 Å². The quantitative estimate of drug-likeness (QED) is 0.505. The number of nitrogens with one attached hydrogen (secondary N) is 1. The number of phenols is 1. The van der Waals surface area contributed by atoms with Gasteiger partial charge in [0, 0.05) is 17.7 Å². The van der Waals surface area contributed by atoms with Crippen molar-refractivity contribution in [3.63, 3.8) is 0 Å². The number of amides is 1. The second kappa shape index (κ2) is 7.99. The number of rotatable bonds is 6. The number of aryl methyl sites for hydroxylation is 2. The molecule has 8 heteroatoms. The van der Waals surface area contributed by atoms with E-state index in [-0.39, 0.29) is 23.2 Å². The van der Waals surface area contributed by atoms with E-state index < -0.39 is 0 Å². The molecule has 3 aromatic rings. The third kappa shape index (κ3) is 3.62. The van der Waals surface area contributed by atoms with Crippen LogP contribution in [0.25, 0.3) is 11.0 Å². The molecule has 1 aromatic heterocycles. The van der Waals surface area contributed by atoms with Crippen LogP contribution in [0.3, 0.4) is 0 Å². The van der Waals surface area contributed by atoms with Crippen molar-refractivity contribution in [1.29, 1.82) is 0 Å². The molecule has 0 aliphatic rings. The fraction of sp³-hybridized carbons (Fsp3) is 0.250. The Kier molecular flexibility index (Phi) is 5.49. The molecule has 8 nitrogen and oxygen atoms in total. The third-order valence-corrected chi connectivity index (χ3v) is 4.40. The van der Waals surface area contributed by atoms with Crippen LogP contribution in [0.2, 0.25) is 0 Å². The summed E-state index contributed by atoms with van der Waals surface area (Å²) in [6.45, 7) is 4.81. The average molecular weight is 382 g/mol. The van der Waals surface area contributed by atoms with Crippen molar-refractivity contribution in [3.8, 4) is 17.2 Å². The Morgan fingerprint density at radius 2 is 1.93 bits per heavy atom. The molecule has 0 aliphatic heterocycles. The van der Waals surface area contributed by atoms with Crippen LogP contribution >= 0.6 is 0 Å². The molecule has 3 rings (SSSR count). The molecule has 1 heterocycles. The van der Waals surface area contributed by atoms with Gasteiger partial charge >= 0.3 is 0 Å². The maximum absolute atomic E-state index is 12.4. The predicted molar refractivity (Wildman–Crippen MR) is 106 cm³/mol. The van der Waals surface area contributed by atoms with Crippen molar-refractivity contribution in [2.45, 2.75) is 20.4 Å². The molecule has 0 fully saturated rings. The molecule has 0 bridgehead atoms. The Morgan fingerprint density at radius 3 is 2.54 bits per heavy atom. The van der Waals surface area contributed by atoms with Gasteiger partial charge in [-0.25, -0.2) is 10.4 Å². The third-order valence-electron chi connectivity index (χ3n) is 4.40. The largest absolute Gasteiger partial charge is 0.502 e. The highest BCUT2D eigenvalue weighted by atomic mass is 16.5. The Labute approximate surface area is 162 Å². The molecular weight excluding hydrogens is 360 g/mol. The number of carbonyl (C=O) groups excluding carboxylic acids is 1. The number of phenolic OH excluding ortho intramolecular Hbond substituents is 1. The van der Waals surface area contributed by atoms with E-state index in [4.69, 9.17) is 9.47 Å². The lowest BCUT2D eigenvalue weighted by Crippen LogP contribution is -2.17. The fourth-order valence-electron chi connectivity index (χ4n) is 3.01. The molecule has 0 saturated heterocycles. The van der Waals surface area contributed by atoms with Gasteiger partial charge in [-0.2, -0.15) is 5.10 Å². The van der Waals surface area contributed by atoms with Crippen molar-refractivity contribution >= 4 is 23.2 Å². The zero-order chi connectivity index (χ0) is 20.3. The number of benzene rings is 2. The van der Waals surface area contributed by atoms with Crippen molar-refractivity contribution in [1.82, 2.24) is 15.0 Å². The number of carbonyl (C=O) groups is 1. The highest BCUT2D eigenvalue weighted by molar-refractivity contribution is 5.98. The second-order valence-corrected chi connectivity index (χ2v) is 6.08. The van der Waals surface area contributed by atoms with Crippen LogP contribution in [-0.2, 0) is 6.54 Å². The van der Waals surface area contributed by atoms with Gasteiger partial charge in [-0.1, -0.05) is 0 Å². The topological polar surface area (TPSA) is 98.0 Å². The Morgan fingerprint density at radius 1 is 1.25 bits per heavy atom. The van der Waals surface area contributed by atoms with Gasteiger partial charge < -0.3 is 19.1 Å². The summed E-state index contributed by atoms with van der Waals surface area (Å²) in [4.78, 5) is 16.9. The number of hydrogen-bond acceptors (Lipinski definition) is 6. The zero-order valence-electron chi connectivity index (χ0n) is 16.2. The van der Waals surface area contributed by atoms with Crippen molar-refractivity contribution < 1.29 is 19.4 Å². The van der Waals surface area contributed by atoms with Gasteiger partial charge in [0.05, 0.1) is 31.5 Å². The molecule has 0 unspecified atom stereocenters. The molecule has 0 aliphatic carbocycles. The van der Waals surface area contributed by atoms with Gasteiger partial charge in [-0.15, -0.1) is 0 Å². The van der Waals surface area contributed by atoms with E-state index in [1.165, 1.54) is 20.4 Å². The predicted octanol–water partition coefficient (Wildman–Crippen LogP) is 2.85. The molecule has 0 radical (unpaired) electrons. The maximum atomic E-state index is 12.4. The summed E-state index contributed by atoms with van der Waals surface area (Å²) in [5.74, 6) is 0.961. The molecular formula is C20H22N4O4. The molecule has 1 amide bonds. The first-order chi connectivity index (χ1) is 13.5. The first-order valence-corrected chi connectivity index (χ1v) is 8.73. The molecule has 0 atom stereocenters. The SMILES string of the molecule is CCn1c(C)nc2cc(C(=O)NN=Cc3cc(OC)c(O)c(OC)c3)ccc21. The molecule has 146 valence electrons. The van der Waals surface area contributed by atoms with Gasteiger partial charge in [0.25, 0.3) is 5.91 Å². The van der Waals surface area contributed by atoms with Crippen LogP contribution in [0.4, 0.5) is 0 Å². The van der Waals surface area contributed by atoms with Crippen LogP contribution < -0.4 is 14.9 Å². The Balaban J connectivity index is 1.78. The van der Waals surface area contributed by atoms with Crippen molar-refractivity contribution in [2.75, 3.05) is 14.2 Å². The number of hydrogen-bond donors (Lipinski definition) is 2. The van der Waals surface area contributed by atoms with Crippen LogP contribution in [-0.4, -0.2) is 41.0 Å². The highest BCUT2D eigenvalue weighted by Gasteiger charge is 2.12. The van der Waals surface area contributed by atoms with Crippen molar-refractivity contribution in [3.05, 3.63) is 47.3 Å². The van der Waals surface area contributed by atoms with Gasteiger partial charge in [-0.3, -0.25) is 4.79 Å². The number of nitrogens with zero attached hydrogens (tertiary/aromatic N) is 3. The summed E-state index contributed by atoms with van der Waals surface area (Å²) < 4.78 is 12.3. The summed E-state index contributed by atoms with van der Waals surface area (Å²) in [7, 11) is 2.88. The van der Waals surface area contributed by atoms with Crippen molar-refractivity contribution in [2.24, 2.45) is 5.10 Å². The van der Waals surface area contributed by atoms with Gasteiger partial charge in [0.15, 0.2) is 11.5 Å². The molecule has 2 aromatic carbocycles. The lowest BCUT2D eigenvalue weighted by Gasteiger charge is -2.09. The van der Waals surface area contributed by atoms with E-state index in [0.29, 0.717) is 11.1 Å². The first-order valence-electron chi connectivity index (χ1n) is 8.73. The van der Waals surface area contributed by atoms with Gasteiger partial charge in [-0.05, 0) is 44.2 Å². The van der Waals surface area contributed by atoms with Crippen LogP contribution in [0.1, 0.15) is 28.7 Å². The highest BCUT2D eigenvalue weighted by Crippen LogP contribution is 2.36. The molecule has 0 spiro atoms. The molecule has 0 saturated carbocycles. The lowest BCUT2D eigenvalue weighted by molar-refractivity contribution is 0.0955. The van der Waals surface area contributed by atoms with Gasteiger partial charge in [0.1, 0.15) is 5.82 Å². The summed E-state index contributed by atoms with van der Waals surface area (Å²) >= 11 is 0. The standard InChI is InChI=1S/C20H22N4O4/c1-5-24-12(2)22-15-10-14(6-7-16(15)24)20(26)23-21-11-13-8-17(27-3)19(25)18(9-13)28-4/h6-11,25H,5H2,1-4H3,(H,23,26). The van der Waals surface area contributed by atoms with E-state index in [0.717, 1.165) is 23.4 Å². The average Bonchev–Trinajstić information content (AvgIpc) is 3.02. The van der Waals surface area contributed by atoms with Crippen LogP contribution in [0, 0.1) is 6.92 Å². The fourth-order valence-corrected chi connectivity index (χ4v) is 3.01. The van der Waals surface area contributed by atoms with Gasteiger partial charge in [0.2, 0.25) is 5.75 Å². The van der Waals surface area contributed by atoms with E-state index in [1.807, 2.05) is 13.0 Å². The van der Waals surface area contributed by atoms with Crippen LogP contribution in [0.5, 0.6) is 17.2 Å². The summed E-state index contributed by atoms with van der Waals surface area (Å²) in [6, 6.07) is 8.53. The minimum atomic E-state index is -0.348. The van der Waals surface area contributed by atoms with E-state index in [1.54, 1.807) is 24.3 Å². The normalized spacial score (nSPS) is 11.1. The molecule has 2 N–H and O–H groups in total. The number of methoxy groups -OCH3 is 2. The maximum Gasteiger partial charge on any atom is 0.271 e. The van der Waals surface area contributed by atoms with E-state index >= 15 is 0 Å². The number of ether oxygens (including phenoxy) is 2. The first kappa shape index (κ1) is 19.2. The number of hydrazone groups is 1. The minimum Gasteiger partial charge on any atom is -0.502 e. The lowest BCUT2D eigenvalue weighted by atomic mass is 10.2. The molecule has 28 heavy (non-hydrogen) atoms. The summed E-state index contributed by atoms with van der Waals surface area (Å²) in [5, 5.41) is 13.9. The smallest absolute Gasteiger partial charge is 0.271 e. The number of aromatic hydroxyl groups is 1. The Hall–Kier alpha value is -3.55. The van der Waals surface area contributed by atoms with E-state index in [9.17, 15) is 9.90 Å².